The number of esters is 2. The van der Waals surface area contributed by atoms with Crippen molar-refractivity contribution in [3.05, 3.63) is 46.5 Å². The SMILES string of the molecule is COc1cc(CO)c(C(=O)OC(C)(C)COCC(C)(CO)OC(=O)c2c(CO)cc(OC)cc2OC)c(OC)c1. The van der Waals surface area contributed by atoms with Crippen molar-refractivity contribution in [2.24, 2.45) is 0 Å². The molecule has 0 spiro atoms. The van der Waals surface area contributed by atoms with E-state index in [1.807, 2.05) is 0 Å². The van der Waals surface area contributed by atoms with E-state index in [0.29, 0.717) is 11.5 Å². The van der Waals surface area contributed by atoms with Gasteiger partial charge < -0.3 is 48.5 Å². The second kappa shape index (κ2) is 14.2. The van der Waals surface area contributed by atoms with Gasteiger partial charge in [0.2, 0.25) is 0 Å². The minimum absolute atomic E-state index is 0.0205. The summed E-state index contributed by atoms with van der Waals surface area (Å²) in [7, 11) is 5.62. The Labute approximate surface area is 233 Å². The van der Waals surface area contributed by atoms with Crippen molar-refractivity contribution in [2.75, 3.05) is 48.3 Å². The molecule has 0 amide bonds. The van der Waals surface area contributed by atoms with Gasteiger partial charge in [-0.1, -0.05) is 0 Å². The number of rotatable bonds is 15. The van der Waals surface area contributed by atoms with Crippen molar-refractivity contribution in [3.63, 3.8) is 0 Å². The van der Waals surface area contributed by atoms with Crippen LogP contribution in [0.25, 0.3) is 0 Å². The van der Waals surface area contributed by atoms with Crippen molar-refractivity contribution in [3.8, 4) is 23.0 Å². The lowest BCUT2D eigenvalue weighted by Crippen LogP contribution is -2.43. The smallest absolute Gasteiger partial charge is 0.343 e. The lowest BCUT2D eigenvalue weighted by molar-refractivity contribution is -0.107. The lowest BCUT2D eigenvalue weighted by Gasteiger charge is -2.31. The Balaban J connectivity index is 2.14. The molecule has 0 heterocycles. The summed E-state index contributed by atoms with van der Waals surface area (Å²) in [6, 6.07) is 5.95. The minimum atomic E-state index is -1.49. The van der Waals surface area contributed by atoms with Gasteiger partial charge in [-0.2, -0.15) is 0 Å². The van der Waals surface area contributed by atoms with Crippen molar-refractivity contribution >= 4 is 11.9 Å². The van der Waals surface area contributed by atoms with E-state index in [0.717, 1.165) is 0 Å². The van der Waals surface area contributed by atoms with Crippen molar-refractivity contribution in [1.29, 1.82) is 0 Å². The molecule has 1 atom stereocenters. The van der Waals surface area contributed by atoms with E-state index < -0.39 is 43.0 Å². The third kappa shape index (κ3) is 7.98. The van der Waals surface area contributed by atoms with Crippen LogP contribution in [-0.2, 0) is 27.4 Å². The number of ether oxygens (including phenoxy) is 7. The molecule has 2 rings (SSSR count). The molecule has 0 aliphatic heterocycles. The van der Waals surface area contributed by atoms with Gasteiger partial charge in [0.05, 0.1) is 61.5 Å². The first-order chi connectivity index (χ1) is 18.9. The third-order valence-corrected chi connectivity index (χ3v) is 5.87. The van der Waals surface area contributed by atoms with Crippen LogP contribution in [0.2, 0.25) is 0 Å². The fraction of sp³-hybridized carbons (Fsp3) is 0.500. The van der Waals surface area contributed by atoms with Crippen molar-refractivity contribution < 1.29 is 58.1 Å². The summed E-state index contributed by atoms with van der Waals surface area (Å²) in [5, 5.41) is 29.6. The van der Waals surface area contributed by atoms with E-state index in [9.17, 15) is 24.9 Å². The van der Waals surface area contributed by atoms with E-state index in [1.165, 1.54) is 59.6 Å². The minimum Gasteiger partial charge on any atom is -0.497 e. The Morgan fingerprint density at radius 1 is 0.675 bits per heavy atom. The maximum absolute atomic E-state index is 13.1. The van der Waals surface area contributed by atoms with Crippen LogP contribution in [0.3, 0.4) is 0 Å². The van der Waals surface area contributed by atoms with Crippen molar-refractivity contribution in [1.82, 2.24) is 0 Å². The Morgan fingerprint density at radius 2 is 1.12 bits per heavy atom. The zero-order valence-corrected chi connectivity index (χ0v) is 23.9. The van der Waals surface area contributed by atoms with Gasteiger partial charge in [-0.05, 0) is 44.0 Å². The van der Waals surface area contributed by atoms with E-state index in [2.05, 4.69) is 0 Å². The standard InChI is InChI=1S/C28H38O12/c1-27(2,39-25(32)23-17(12-29)8-19(34-4)10-21(23)36-6)15-38-16-28(3,14-31)40-26(33)24-18(13-30)9-20(35-5)11-22(24)37-7/h8-11,29-31H,12-16H2,1-7H3. The van der Waals surface area contributed by atoms with Gasteiger partial charge in [0.25, 0.3) is 0 Å². The van der Waals surface area contributed by atoms with Crippen LogP contribution in [0.1, 0.15) is 52.6 Å². The van der Waals surface area contributed by atoms with Crippen LogP contribution in [-0.4, -0.2) is 86.7 Å². The summed E-state index contributed by atoms with van der Waals surface area (Å²) in [6.45, 7) is 2.77. The predicted molar refractivity (Wildman–Crippen MR) is 142 cm³/mol. The van der Waals surface area contributed by atoms with Gasteiger partial charge in [0, 0.05) is 12.1 Å². The summed E-state index contributed by atoms with van der Waals surface area (Å²) in [5.41, 5.74) is -2.16. The number of carbonyl (C=O) groups is 2. The normalized spacial score (nSPS) is 12.8. The fourth-order valence-corrected chi connectivity index (χ4v) is 3.79. The van der Waals surface area contributed by atoms with Gasteiger partial charge in [-0.3, -0.25) is 0 Å². The molecule has 40 heavy (non-hydrogen) atoms. The first kappa shape index (κ1) is 32.6. The molecule has 0 bridgehead atoms. The quantitative estimate of drug-likeness (QED) is 0.270. The van der Waals surface area contributed by atoms with Gasteiger partial charge in [0.1, 0.15) is 39.7 Å². The number of hydrogen-bond donors (Lipinski definition) is 3. The van der Waals surface area contributed by atoms with Crippen LogP contribution in [0.5, 0.6) is 23.0 Å². The molecule has 0 saturated heterocycles. The van der Waals surface area contributed by atoms with Crippen LogP contribution in [0.4, 0.5) is 0 Å². The molecule has 2 aromatic rings. The molecule has 0 aliphatic rings. The summed E-state index contributed by atoms with van der Waals surface area (Å²) < 4.78 is 37.8. The first-order valence-electron chi connectivity index (χ1n) is 12.3. The Kier molecular flexibility index (Phi) is 11.6. The Morgan fingerprint density at radius 3 is 1.50 bits per heavy atom. The van der Waals surface area contributed by atoms with Gasteiger partial charge in [-0.25, -0.2) is 9.59 Å². The number of aliphatic hydroxyl groups excluding tert-OH is 3. The molecule has 0 aromatic heterocycles. The second-order valence-electron chi connectivity index (χ2n) is 9.68. The van der Waals surface area contributed by atoms with Crippen LogP contribution >= 0.6 is 0 Å². The van der Waals surface area contributed by atoms with Gasteiger partial charge in [0.15, 0.2) is 5.60 Å². The maximum Gasteiger partial charge on any atom is 0.343 e. The largest absolute Gasteiger partial charge is 0.497 e. The molecule has 0 saturated carbocycles. The van der Waals surface area contributed by atoms with Crippen LogP contribution in [0, 0.1) is 0 Å². The Bertz CT molecular complexity index is 1130. The summed E-state index contributed by atoms with van der Waals surface area (Å²) in [4.78, 5) is 26.1. The predicted octanol–water partition coefficient (Wildman–Crippen LogP) is 2.27. The molecule has 12 heteroatoms. The number of benzene rings is 2. The van der Waals surface area contributed by atoms with E-state index in [-0.39, 0.29) is 47.0 Å². The molecule has 222 valence electrons. The first-order valence-corrected chi connectivity index (χ1v) is 12.3. The van der Waals surface area contributed by atoms with E-state index in [1.54, 1.807) is 13.8 Å². The molecule has 3 N–H and O–H groups in total. The van der Waals surface area contributed by atoms with Crippen LogP contribution < -0.4 is 18.9 Å². The highest BCUT2D eigenvalue weighted by Crippen LogP contribution is 2.32. The molecular weight excluding hydrogens is 528 g/mol. The second-order valence-corrected chi connectivity index (χ2v) is 9.68. The number of aliphatic hydroxyl groups is 3. The lowest BCUT2D eigenvalue weighted by atomic mass is 10.0. The molecule has 0 radical (unpaired) electrons. The highest BCUT2D eigenvalue weighted by atomic mass is 16.6. The average Bonchev–Trinajstić information content (AvgIpc) is 2.94. The topological polar surface area (TPSA) is 159 Å². The molecule has 0 fully saturated rings. The summed E-state index contributed by atoms with van der Waals surface area (Å²) in [5.74, 6) is -0.536. The fourth-order valence-electron chi connectivity index (χ4n) is 3.79. The highest BCUT2D eigenvalue weighted by Gasteiger charge is 2.34. The molecule has 12 nitrogen and oxygen atoms in total. The molecular formula is C28H38O12. The molecule has 1 unspecified atom stereocenters. The highest BCUT2D eigenvalue weighted by molar-refractivity contribution is 5.95. The number of carbonyl (C=O) groups excluding carboxylic acids is 2. The van der Waals surface area contributed by atoms with Crippen LogP contribution in [0.15, 0.2) is 24.3 Å². The monoisotopic (exact) mass is 566 g/mol. The zero-order chi connectivity index (χ0) is 30.1. The van der Waals surface area contributed by atoms with Crippen molar-refractivity contribution in [2.45, 2.75) is 45.2 Å². The average molecular weight is 567 g/mol. The molecule has 0 aliphatic carbocycles. The van der Waals surface area contributed by atoms with Gasteiger partial charge >= 0.3 is 11.9 Å². The summed E-state index contributed by atoms with van der Waals surface area (Å²) in [6.07, 6.45) is 0. The van der Waals surface area contributed by atoms with E-state index in [4.69, 9.17) is 33.2 Å². The zero-order valence-electron chi connectivity index (χ0n) is 23.9. The Hall–Kier alpha value is -3.58. The number of hydrogen-bond acceptors (Lipinski definition) is 12. The van der Waals surface area contributed by atoms with E-state index >= 15 is 0 Å². The summed E-state index contributed by atoms with van der Waals surface area (Å²) >= 11 is 0. The molecule has 2 aromatic carbocycles. The van der Waals surface area contributed by atoms with Gasteiger partial charge in [-0.15, -0.1) is 0 Å². The number of methoxy groups -OCH3 is 4. The third-order valence-electron chi connectivity index (χ3n) is 5.87. The maximum atomic E-state index is 13.1.